The number of nitro benzene ring substituents is 1. The maximum Gasteiger partial charge on any atom is 0.432 e. The molecular formula is C11H8F3N3O3. The van der Waals surface area contributed by atoms with Crippen molar-refractivity contribution >= 4 is 5.69 Å². The molecule has 1 aromatic carbocycles. The highest BCUT2D eigenvalue weighted by Crippen LogP contribution is 2.33. The van der Waals surface area contributed by atoms with Crippen molar-refractivity contribution in [1.29, 1.82) is 0 Å². The van der Waals surface area contributed by atoms with E-state index >= 15 is 0 Å². The van der Waals surface area contributed by atoms with E-state index in [2.05, 4.69) is 9.97 Å². The van der Waals surface area contributed by atoms with Gasteiger partial charge in [-0.1, -0.05) is 0 Å². The van der Waals surface area contributed by atoms with Gasteiger partial charge in [-0.15, -0.1) is 0 Å². The molecule has 2 rings (SSSR count). The van der Waals surface area contributed by atoms with Crippen molar-refractivity contribution < 1.29 is 22.8 Å². The summed E-state index contributed by atoms with van der Waals surface area (Å²) >= 11 is 0. The molecule has 2 aromatic rings. The number of nitrogens with one attached hydrogen (secondary N) is 1. The standard InChI is InChI=1S/C11H8F3N3O3/c1-20-8-3-2-6(4-7(8)17(18)19)10-15-5-9(16-10)11(12,13)14/h2-5H,1H3,(H,15,16). The Balaban J connectivity index is 2.46. The number of nitro groups is 1. The monoisotopic (exact) mass is 287 g/mol. The quantitative estimate of drug-likeness (QED) is 0.695. The van der Waals surface area contributed by atoms with Crippen LogP contribution in [-0.2, 0) is 6.18 Å². The van der Waals surface area contributed by atoms with Gasteiger partial charge in [0.05, 0.1) is 18.2 Å². The number of ether oxygens (including phenoxy) is 1. The lowest BCUT2D eigenvalue weighted by atomic mass is 10.2. The number of aromatic nitrogens is 2. The van der Waals surface area contributed by atoms with Crippen LogP contribution in [0.15, 0.2) is 24.4 Å². The number of methoxy groups -OCH3 is 1. The van der Waals surface area contributed by atoms with Crippen molar-refractivity contribution in [3.8, 4) is 17.1 Å². The number of H-pyrrole nitrogens is 1. The molecule has 0 aliphatic carbocycles. The van der Waals surface area contributed by atoms with Crippen LogP contribution in [0.2, 0.25) is 0 Å². The van der Waals surface area contributed by atoms with Crippen molar-refractivity contribution in [1.82, 2.24) is 9.97 Å². The van der Waals surface area contributed by atoms with Gasteiger partial charge in [-0.25, -0.2) is 4.98 Å². The normalized spacial score (nSPS) is 11.4. The third-order valence-electron chi connectivity index (χ3n) is 2.53. The van der Waals surface area contributed by atoms with Gasteiger partial charge in [0.2, 0.25) is 0 Å². The molecule has 1 N–H and O–H groups in total. The van der Waals surface area contributed by atoms with E-state index in [-0.39, 0.29) is 22.8 Å². The van der Waals surface area contributed by atoms with E-state index in [4.69, 9.17) is 4.74 Å². The van der Waals surface area contributed by atoms with Crippen LogP contribution in [0.3, 0.4) is 0 Å². The van der Waals surface area contributed by atoms with Gasteiger partial charge >= 0.3 is 11.9 Å². The predicted octanol–water partition coefficient (Wildman–Crippen LogP) is 3.01. The fourth-order valence-corrected chi connectivity index (χ4v) is 1.59. The number of benzene rings is 1. The highest BCUT2D eigenvalue weighted by Gasteiger charge is 2.33. The second-order valence-electron chi connectivity index (χ2n) is 3.79. The van der Waals surface area contributed by atoms with E-state index in [1.54, 1.807) is 0 Å². The second kappa shape index (κ2) is 4.83. The summed E-state index contributed by atoms with van der Waals surface area (Å²) in [6.45, 7) is 0. The van der Waals surface area contributed by atoms with Gasteiger partial charge in [0.25, 0.3) is 0 Å². The minimum atomic E-state index is -4.55. The maximum atomic E-state index is 12.4. The topological polar surface area (TPSA) is 81.0 Å². The van der Waals surface area contributed by atoms with Gasteiger partial charge in [-0.05, 0) is 12.1 Å². The molecule has 1 heterocycles. The van der Waals surface area contributed by atoms with Crippen LogP contribution < -0.4 is 4.74 Å². The first-order chi connectivity index (χ1) is 9.32. The Kier molecular flexibility index (Phi) is 3.35. The van der Waals surface area contributed by atoms with Crippen LogP contribution in [0.5, 0.6) is 5.75 Å². The third kappa shape index (κ3) is 2.56. The molecule has 0 amide bonds. The zero-order valence-electron chi connectivity index (χ0n) is 10.1. The Labute approximate surface area is 110 Å². The Hall–Kier alpha value is -2.58. The van der Waals surface area contributed by atoms with Crippen LogP contribution in [0.25, 0.3) is 11.4 Å². The van der Waals surface area contributed by atoms with Gasteiger partial charge in [-0.2, -0.15) is 13.2 Å². The van der Waals surface area contributed by atoms with Crippen LogP contribution in [-0.4, -0.2) is 22.0 Å². The number of halogens is 3. The first-order valence-corrected chi connectivity index (χ1v) is 5.28. The second-order valence-corrected chi connectivity index (χ2v) is 3.79. The van der Waals surface area contributed by atoms with E-state index in [0.717, 1.165) is 6.07 Å². The number of imidazole rings is 1. The molecule has 6 nitrogen and oxygen atoms in total. The lowest BCUT2D eigenvalue weighted by molar-refractivity contribution is -0.385. The Morgan fingerprint density at radius 3 is 2.60 bits per heavy atom. The summed E-state index contributed by atoms with van der Waals surface area (Å²) in [5.41, 5.74) is -1.21. The minimum absolute atomic E-state index is 0.0151. The highest BCUT2D eigenvalue weighted by molar-refractivity contribution is 5.63. The molecule has 0 fully saturated rings. The number of nitrogens with zero attached hydrogens (tertiary/aromatic N) is 2. The average molecular weight is 287 g/mol. The summed E-state index contributed by atoms with van der Waals surface area (Å²) in [4.78, 5) is 15.8. The van der Waals surface area contributed by atoms with Crippen LogP contribution >= 0.6 is 0 Å². The van der Waals surface area contributed by atoms with Crippen molar-refractivity contribution in [3.05, 3.63) is 40.2 Å². The van der Waals surface area contributed by atoms with E-state index < -0.39 is 16.8 Å². The van der Waals surface area contributed by atoms with Crippen molar-refractivity contribution in [2.45, 2.75) is 6.18 Å². The van der Waals surface area contributed by atoms with E-state index in [1.165, 1.54) is 19.2 Å². The number of hydrogen-bond donors (Lipinski definition) is 1. The van der Waals surface area contributed by atoms with E-state index in [9.17, 15) is 23.3 Å². The maximum absolute atomic E-state index is 12.4. The molecule has 106 valence electrons. The third-order valence-corrected chi connectivity index (χ3v) is 2.53. The molecular weight excluding hydrogens is 279 g/mol. The lowest BCUT2D eigenvalue weighted by Crippen LogP contribution is -2.04. The molecule has 0 aliphatic rings. The van der Waals surface area contributed by atoms with Crippen LogP contribution in [0.4, 0.5) is 18.9 Å². The molecule has 0 radical (unpaired) electrons. The Bertz CT molecular complexity index is 652. The van der Waals surface area contributed by atoms with Crippen molar-refractivity contribution in [2.75, 3.05) is 7.11 Å². The molecule has 0 atom stereocenters. The van der Waals surface area contributed by atoms with Gasteiger partial charge in [-0.3, -0.25) is 10.1 Å². The fraction of sp³-hybridized carbons (Fsp3) is 0.182. The minimum Gasteiger partial charge on any atom is -0.490 e. The Morgan fingerprint density at radius 2 is 2.10 bits per heavy atom. The molecule has 0 bridgehead atoms. The zero-order chi connectivity index (χ0) is 14.9. The number of rotatable bonds is 3. The first kappa shape index (κ1) is 13.8. The summed E-state index contributed by atoms with van der Waals surface area (Å²) < 4.78 is 42.1. The lowest BCUT2D eigenvalue weighted by Gasteiger charge is -2.04. The van der Waals surface area contributed by atoms with Crippen LogP contribution in [0.1, 0.15) is 5.69 Å². The smallest absolute Gasteiger partial charge is 0.432 e. The summed E-state index contributed by atoms with van der Waals surface area (Å²) in [6, 6.07) is 3.77. The molecule has 0 unspecified atom stereocenters. The number of hydrogen-bond acceptors (Lipinski definition) is 4. The molecule has 1 aromatic heterocycles. The molecule has 0 aliphatic heterocycles. The van der Waals surface area contributed by atoms with Crippen molar-refractivity contribution in [3.63, 3.8) is 0 Å². The van der Waals surface area contributed by atoms with E-state index in [0.29, 0.717) is 6.20 Å². The largest absolute Gasteiger partial charge is 0.490 e. The van der Waals surface area contributed by atoms with Gasteiger partial charge in [0.15, 0.2) is 5.75 Å². The summed E-state index contributed by atoms with van der Waals surface area (Å²) in [5.74, 6) is -0.0931. The van der Waals surface area contributed by atoms with Crippen molar-refractivity contribution in [2.24, 2.45) is 0 Å². The average Bonchev–Trinajstić information content (AvgIpc) is 2.87. The molecule has 0 saturated heterocycles. The van der Waals surface area contributed by atoms with Crippen LogP contribution in [0, 0.1) is 10.1 Å². The predicted molar refractivity (Wildman–Crippen MR) is 62.2 cm³/mol. The first-order valence-electron chi connectivity index (χ1n) is 5.28. The zero-order valence-corrected chi connectivity index (χ0v) is 10.1. The molecule has 0 spiro atoms. The highest BCUT2D eigenvalue weighted by atomic mass is 19.4. The van der Waals surface area contributed by atoms with Gasteiger partial charge < -0.3 is 9.72 Å². The summed E-state index contributed by atoms with van der Waals surface area (Å²) in [5, 5.41) is 10.8. The van der Waals surface area contributed by atoms with Gasteiger partial charge in [0.1, 0.15) is 11.5 Å². The van der Waals surface area contributed by atoms with E-state index in [1.807, 2.05) is 0 Å². The summed E-state index contributed by atoms with van der Waals surface area (Å²) in [6.07, 6.45) is -3.92. The fourth-order valence-electron chi connectivity index (χ4n) is 1.59. The molecule has 9 heteroatoms. The molecule has 0 saturated carbocycles. The SMILES string of the molecule is COc1ccc(-c2ncc(C(F)(F)F)[nH]2)cc1[N+](=O)[O-]. The number of aromatic amines is 1. The van der Waals surface area contributed by atoms with Gasteiger partial charge in [0, 0.05) is 11.6 Å². The summed E-state index contributed by atoms with van der Waals surface area (Å²) in [7, 11) is 1.26. The Morgan fingerprint density at radius 1 is 1.40 bits per heavy atom. The molecule has 20 heavy (non-hydrogen) atoms. The number of alkyl halides is 3.